The summed E-state index contributed by atoms with van der Waals surface area (Å²) in [5, 5.41) is 3.83. The molecule has 0 amide bonds. The summed E-state index contributed by atoms with van der Waals surface area (Å²) >= 11 is 14.3. The molecule has 158 valence electrons. The van der Waals surface area contributed by atoms with Crippen molar-refractivity contribution in [1.82, 2.24) is 0 Å². The Morgan fingerprint density at radius 1 is 1.20 bits per heavy atom. The van der Waals surface area contributed by atoms with Crippen molar-refractivity contribution in [2.24, 2.45) is 7.05 Å². The van der Waals surface area contributed by atoms with Crippen molar-refractivity contribution in [3.05, 3.63) is 69.3 Å². The Labute approximate surface area is 189 Å². The Bertz CT molecular complexity index is 1240. The van der Waals surface area contributed by atoms with E-state index in [1.165, 1.54) is 9.92 Å². The van der Waals surface area contributed by atoms with Crippen LogP contribution in [0.1, 0.15) is 5.56 Å². The Morgan fingerprint density at radius 2 is 1.90 bits per heavy atom. The fourth-order valence-corrected chi connectivity index (χ4v) is 4.54. The van der Waals surface area contributed by atoms with Gasteiger partial charge in [0.15, 0.2) is 6.20 Å². The van der Waals surface area contributed by atoms with E-state index in [2.05, 4.69) is 45.0 Å². The van der Waals surface area contributed by atoms with E-state index in [4.69, 9.17) is 23.2 Å². The van der Waals surface area contributed by atoms with Gasteiger partial charge in [-0.15, -0.1) is 0 Å². The van der Waals surface area contributed by atoms with E-state index in [9.17, 15) is 13.0 Å². The van der Waals surface area contributed by atoms with Crippen molar-refractivity contribution >= 4 is 68.0 Å². The van der Waals surface area contributed by atoms with E-state index < -0.39 is 10.4 Å². The largest absolute Gasteiger partial charge is 0.726 e. The quantitative estimate of drug-likeness (QED) is 0.300. The molecule has 10 heteroatoms. The lowest BCUT2D eigenvalue weighted by molar-refractivity contribution is -0.644. The van der Waals surface area contributed by atoms with E-state index in [0.29, 0.717) is 0 Å². The number of hydrogen-bond acceptors (Lipinski definition) is 6. The van der Waals surface area contributed by atoms with Gasteiger partial charge in [0.25, 0.3) is 0 Å². The first kappa shape index (κ1) is 22.9. The molecule has 0 saturated carbocycles. The first-order valence-electron chi connectivity index (χ1n) is 8.62. The predicted molar refractivity (Wildman–Crippen MR) is 121 cm³/mol. The van der Waals surface area contributed by atoms with Crippen LogP contribution in [0, 0.1) is 0 Å². The minimum atomic E-state index is -4.41. The number of aromatic nitrogens is 1. The van der Waals surface area contributed by atoms with Crippen LogP contribution in [0.25, 0.3) is 17.0 Å². The number of para-hydroxylation sites is 1. The molecule has 4 rings (SSSR count). The number of aryl methyl sites for hydroxylation is 1. The number of nitrogens with zero attached hydrogens (tertiary/aromatic N) is 2. The van der Waals surface area contributed by atoms with Crippen LogP contribution >= 0.6 is 35.0 Å². The smallest absolute Gasteiger partial charge is 0.231 e. The number of thioether (sulfide) groups is 1. The summed E-state index contributed by atoms with van der Waals surface area (Å²) in [6, 6.07) is 14.2. The van der Waals surface area contributed by atoms with E-state index in [1.54, 1.807) is 11.8 Å². The van der Waals surface area contributed by atoms with Crippen molar-refractivity contribution in [3.8, 4) is 0 Å². The van der Waals surface area contributed by atoms with Gasteiger partial charge in [0.2, 0.25) is 15.9 Å². The third kappa shape index (κ3) is 5.08. The molecule has 2 heterocycles. The van der Waals surface area contributed by atoms with Crippen LogP contribution in [-0.4, -0.2) is 27.1 Å². The van der Waals surface area contributed by atoms with Gasteiger partial charge in [0.05, 0.1) is 23.2 Å². The first-order chi connectivity index (χ1) is 14.1. The van der Waals surface area contributed by atoms with E-state index in [1.807, 2.05) is 37.5 Å². The van der Waals surface area contributed by atoms with Gasteiger partial charge >= 0.3 is 0 Å². The van der Waals surface area contributed by atoms with Crippen LogP contribution in [0.5, 0.6) is 0 Å². The van der Waals surface area contributed by atoms with Crippen LogP contribution in [0.3, 0.4) is 0 Å². The average Bonchev–Trinajstić information content (AvgIpc) is 2.99. The highest BCUT2D eigenvalue weighted by atomic mass is 35.5. The summed E-state index contributed by atoms with van der Waals surface area (Å²) in [5.74, 6) is 0. The summed E-state index contributed by atoms with van der Waals surface area (Å²) in [7, 11) is 0.478. The molecular formula is C20H18Cl2N2O4S2. The molecule has 0 fully saturated rings. The van der Waals surface area contributed by atoms with Crippen molar-refractivity contribution in [2.45, 2.75) is 4.90 Å². The molecule has 1 aromatic heterocycles. The van der Waals surface area contributed by atoms with E-state index in [0.717, 1.165) is 39.3 Å². The summed E-state index contributed by atoms with van der Waals surface area (Å²) in [4.78, 5) is 3.40. The lowest BCUT2D eigenvalue weighted by Gasteiger charge is -2.14. The summed E-state index contributed by atoms with van der Waals surface area (Å²) in [6.45, 7) is 0. The van der Waals surface area contributed by atoms with Crippen molar-refractivity contribution in [2.75, 3.05) is 19.1 Å². The second-order valence-corrected chi connectivity index (χ2v) is 9.40. The van der Waals surface area contributed by atoms with Gasteiger partial charge in [-0.1, -0.05) is 41.0 Å². The second-order valence-electron chi connectivity index (χ2n) is 6.35. The molecule has 0 saturated heterocycles. The molecule has 0 N–H and O–H groups in total. The lowest BCUT2D eigenvalue weighted by Crippen LogP contribution is -2.28. The summed E-state index contributed by atoms with van der Waals surface area (Å²) < 4.78 is 33.1. The highest BCUT2D eigenvalue weighted by molar-refractivity contribution is 8.03. The highest BCUT2D eigenvalue weighted by Gasteiger charge is 2.23. The van der Waals surface area contributed by atoms with Gasteiger partial charge in [-0.3, -0.25) is 4.18 Å². The predicted octanol–water partition coefficient (Wildman–Crippen LogP) is 4.60. The van der Waals surface area contributed by atoms with E-state index >= 15 is 0 Å². The molecule has 0 radical (unpaired) electrons. The molecule has 0 bridgehead atoms. The van der Waals surface area contributed by atoms with Crippen molar-refractivity contribution in [3.63, 3.8) is 0 Å². The average molecular weight is 485 g/mol. The molecule has 3 aromatic rings. The molecule has 0 aliphatic carbocycles. The van der Waals surface area contributed by atoms with Crippen LogP contribution in [-0.2, 0) is 21.6 Å². The molecule has 0 unspecified atom stereocenters. The Hall–Kier alpha value is -1.81. The standard InChI is InChI=1S/C19H15Cl2N2S.CH4O4S/c1-22-9-8-12(14-4-3-5-15(21)19(14)22)10-18-23(2)16-11-13(20)6-7-17(16)24-18;1-5-6(2,3)4/h3-11H,1-2H3;1H3,(H,2,3,4)/q+1;/p-1. The minimum absolute atomic E-state index is 0.756. The zero-order valence-electron chi connectivity index (χ0n) is 16.3. The van der Waals surface area contributed by atoms with Crippen LogP contribution in [0.15, 0.2) is 58.6 Å². The molecule has 1 aliphatic rings. The third-order valence-electron chi connectivity index (χ3n) is 4.44. The second kappa shape index (κ2) is 9.13. The third-order valence-corrected chi connectivity index (χ3v) is 6.55. The van der Waals surface area contributed by atoms with E-state index in [-0.39, 0.29) is 0 Å². The SMILES string of the molecule is CN1/C(=C/c2cc[n+](C)c3c(Cl)cccc23)Sc2ccc(Cl)cc21.COS(=O)(=O)[O-]. The van der Waals surface area contributed by atoms with Crippen molar-refractivity contribution < 1.29 is 21.7 Å². The molecule has 0 atom stereocenters. The molecule has 30 heavy (non-hydrogen) atoms. The molecule has 1 aliphatic heterocycles. The summed E-state index contributed by atoms with van der Waals surface area (Å²) in [5.41, 5.74) is 3.33. The topological polar surface area (TPSA) is 73.5 Å². The Balaban J connectivity index is 0.000000377. The maximum atomic E-state index is 9.22. The number of rotatable bonds is 2. The Kier molecular flexibility index (Phi) is 6.96. The van der Waals surface area contributed by atoms with Crippen LogP contribution in [0.2, 0.25) is 10.0 Å². The van der Waals surface area contributed by atoms with Crippen LogP contribution in [0.4, 0.5) is 5.69 Å². The zero-order valence-corrected chi connectivity index (χ0v) is 19.4. The first-order valence-corrected chi connectivity index (χ1v) is 11.5. The van der Waals surface area contributed by atoms with Gasteiger partial charge < -0.3 is 9.45 Å². The lowest BCUT2D eigenvalue weighted by atomic mass is 10.1. The zero-order chi connectivity index (χ0) is 22.1. The fraction of sp³-hybridized carbons (Fsp3) is 0.150. The number of halogens is 2. The number of pyridine rings is 1. The number of hydrogen-bond donors (Lipinski definition) is 0. The fourth-order valence-electron chi connectivity index (χ4n) is 2.99. The van der Waals surface area contributed by atoms with Gasteiger partial charge in [-0.05, 0) is 42.0 Å². The molecule has 0 spiro atoms. The maximum Gasteiger partial charge on any atom is 0.231 e. The minimum Gasteiger partial charge on any atom is -0.726 e. The van der Waals surface area contributed by atoms with Gasteiger partial charge in [0, 0.05) is 23.0 Å². The number of fused-ring (bicyclic) bond motifs is 2. The van der Waals surface area contributed by atoms with Gasteiger partial charge in [-0.2, -0.15) is 4.57 Å². The number of benzene rings is 2. The number of anilines is 1. The molecule has 2 aromatic carbocycles. The van der Waals surface area contributed by atoms with Crippen molar-refractivity contribution in [1.29, 1.82) is 0 Å². The Morgan fingerprint density at radius 3 is 2.57 bits per heavy atom. The van der Waals surface area contributed by atoms with Gasteiger partial charge in [0.1, 0.15) is 12.1 Å². The maximum absolute atomic E-state index is 9.22. The molecular weight excluding hydrogens is 467 g/mol. The van der Waals surface area contributed by atoms with Gasteiger partial charge in [-0.25, -0.2) is 8.42 Å². The summed E-state index contributed by atoms with van der Waals surface area (Å²) in [6.07, 6.45) is 4.25. The van der Waals surface area contributed by atoms with Crippen LogP contribution < -0.4 is 9.47 Å². The molecule has 6 nitrogen and oxygen atoms in total. The normalized spacial score (nSPS) is 14.6. The highest BCUT2D eigenvalue weighted by Crippen LogP contribution is 2.46. The monoisotopic (exact) mass is 484 g/mol.